The summed E-state index contributed by atoms with van der Waals surface area (Å²) in [4.78, 5) is 38.1. The van der Waals surface area contributed by atoms with E-state index < -0.39 is 23.2 Å². The highest BCUT2D eigenvalue weighted by Crippen LogP contribution is 2.34. The van der Waals surface area contributed by atoms with Gasteiger partial charge in [-0.05, 0) is 68.1 Å². The number of benzene rings is 1. The minimum absolute atomic E-state index is 0.185. The largest absolute Gasteiger partial charge is 0.497 e. The molecule has 1 aliphatic heterocycles. The third kappa shape index (κ3) is 3.82. The molecule has 1 fully saturated rings. The normalized spacial score (nSPS) is 16.5. The predicted octanol–water partition coefficient (Wildman–Crippen LogP) is 3.47. The number of aromatic nitrogens is 1. The van der Waals surface area contributed by atoms with E-state index in [1.807, 2.05) is 47.2 Å². The zero-order valence-electron chi connectivity index (χ0n) is 15.7. The van der Waals surface area contributed by atoms with E-state index in [-0.39, 0.29) is 11.5 Å². The van der Waals surface area contributed by atoms with Crippen LogP contribution in [0.15, 0.2) is 47.5 Å². The van der Waals surface area contributed by atoms with Gasteiger partial charge < -0.3 is 14.0 Å². The number of nitrogens with zero attached hydrogens (tertiary/aromatic N) is 2. The third-order valence-corrected chi connectivity index (χ3v) is 5.13. The van der Waals surface area contributed by atoms with Crippen molar-refractivity contribution >= 4 is 35.0 Å². The molecule has 2 heterocycles. The summed E-state index contributed by atoms with van der Waals surface area (Å²) in [5.41, 5.74) is 1.62. The van der Waals surface area contributed by atoms with Crippen molar-refractivity contribution in [1.29, 1.82) is 0 Å². The maximum absolute atomic E-state index is 12.7. The van der Waals surface area contributed by atoms with E-state index in [4.69, 9.17) is 9.47 Å². The Labute approximate surface area is 166 Å². The molecule has 2 amide bonds. The van der Waals surface area contributed by atoms with Crippen LogP contribution in [0.1, 0.15) is 19.5 Å². The molecule has 8 heteroatoms. The molecule has 28 heavy (non-hydrogen) atoms. The molecule has 2 aromatic rings. The molecule has 0 spiro atoms. The predicted molar refractivity (Wildman–Crippen MR) is 106 cm³/mol. The van der Waals surface area contributed by atoms with Crippen LogP contribution in [0.5, 0.6) is 5.75 Å². The van der Waals surface area contributed by atoms with Crippen LogP contribution in [0.3, 0.4) is 0 Å². The molecule has 0 saturated carbocycles. The molecule has 1 aromatic carbocycles. The van der Waals surface area contributed by atoms with E-state index in [0.717, 1.165) is 33.8 Å². The fourth-order valence-corrected chi connectivity index (χ4v) is 3.70. The van der Waals surface area contributed by atoms with Gasteiger partial charge in [-0.25, -0.2) is 4.79 Å². The van der Waals surface area contributed by atoms with Gasteiger partial charge in [-0.3, -0.25) is 14.5 Å². The fraction of sp³-hybridized carbons (Fsp3) is 0.250. The van der Waals surface area contributed by atoms with E-state index in [1.54, 1.807) is 20.1 Å². The number of carbonyl (C=O) groups is 3. The number of ether oxygens (including phenoxy) is 2. The number of rotatable bonds is 6. The number of amides is 2. The molecule has 0 aliphatic carbocycles. The van der Waals surface area contributed by atoms with E-state index in [1.165, 1.54) is 6.92 Å². The monoisotopic (exact) mass is 400 g/mol. The summed E-state index contributed by atoms with van der Waals surface area (Å²) in [6.07, 6.45) is 3.51. The average molecular weight is 400 g/mol. The van der Waals surface area contributed by atoms with Crippen molar-refractivity contribution in [2.45, 2.75) is 19.9 Å². The standard InChI is InChI=1S/C20H20N2O5S/c1-4-27-19(24)13(2)22-18(23)17(28-20(22)25)12-15-6-5-11-21(15)14-7-9-16(26-3)10-8-14/h5-13H,4H2,1-3H3/b17-12+. The van der Waals surface area contributed by atoms with Crippen LogP contribution in [0, 0.1) is 0 Å². The van der Waals surface area contributed by atoms with Crippen molar-refractivity contribution in [2.75, 3.05) is 13.7 Å². The number of esters is 1. The second kappa shape index (κ2) is 8.35. The number of imide groups is 1. The number of carbonyl (C=O) groups excluding carboxylic acids is 3. The van der Waals surface area contributed by atoms with E-state index >= 15 is 0 Å². The number of thioether (sulfide) groups is 1. The van der Waals surface area contributed by atoms with Gasteiger partial charge in [-0.15, -0.1) is 0 Å². The van der Waals surface area contributed by atoms with E-state index in [9.17, 15) is 14.4 Å². The topological polar surface area (TPSA) is 77.8 Å². The molecule has 0 radical (unpaired) electrons. The third-order valence-electron chi connectivity index (χ3n) is 4.25. The van der Waals surface area contributed by atoms with Crippen molar-refractivity contribution in [1.82, 2.24) is 9.47 Å². The molecule has 0 bridgehead atoms. The van der Waals surface area contributed by atoms with Crippen LogP contribution in [-0.2, 0) is 14.3 Å². The summed E-state index contributed by atoms with van der Waals surface area (Å²) in [7, 11) is 1.60. The van der Waals surface area contributed by atoms with Gasteiger partial charge in [-0.2, -0.15) is 0 Å². The molecule has 1 atom stereocenters. The second-order valence-corrected chi connectivity index (χ2v) is 6.97. The minimum Gasteiger partial charge on any atom is -0.497 e. The van der Waals surface area contributed by atoms with Gasteiger partial charge in [0.2, 0.25) is 0 Å². The molecule has 3 rings (SSSR count). The maximum Gasteiger partial charge on any atom is 0.329 e. The first-order valence-electron chi connectivity index (χ1n) is 8.71. The first-order valence-corrected chi connectivity index (χ1v) is 9.53. The Balaban J connectivity index is 1.87. The van der Waals surface area contributed by atoms with Gasteiger partial charge in [0, 0.05) is 17.6 Å². The summed E-state index contributed by atoms with van der Waals surface area (Å²) in [5, 5.41) is -0.487. The smallest absolute Gasteiger partial charge is 0.329 e. The fourth-order valence-electron chi connectivity index (χ4n) is 2.81. The molecular weight excluding hydrogens is 380 g/mol. The van der Waals surface area contributed by atoms with E-state index in [2.05, 4.69) is 0 Å². The highest BCUT2D eigenvalue weighted by Gasteiger charge is 2.41. The maximum atomic E-state index is 12.7. The second-order valence-electron chi connectivity index (χ2n) is 5.98. The van der Waals surface area contributed by atoms with Gasteiger partial charge in [0.1, 0.15) is 11.8 Å². The zero-order chi connectivity index (χ0) is 20.3. The van der Waals surface area contributed by atoms with Crippen LogP contribution < -0.4 is 4.74 Å². The molecule has 1 unspecified atom stereocenters. The molecule has 1 aliphatic rings. The minimum atomic E-state index is -0.966. The lowest BCUT2D eigenvalue weighted by Crippen LogP contribution is -2.42. The van der Waals surface area contributed by atoms with Crippen molar-refractivity contribution in [3.8, 4) is 11.4 Å². The Morgan fingerprint density at radius 1 is 1.21 bits per heavy atom. The Kier molecular flexibility index (Phi) is 5.89. The van der Waals surface area contributed by atoms with Crippen molar-refractivity contribution in [3.05, 3.63) is 53.2 Å². The molecule has 0 N–H and O–H groups in total. The lowest BCUT2D eigenvalue weighted by atomic mass is 10.2. The highest BCUT2D eigenvalue weighted by molar-refractivity contribution is 8.18. The lowest BCUT2D eigenvalue weighted by Gasteiger charge is -2.19. The number of hydrogen-bond donors (Lipinski definition) is 0. The first kappa shape index (κ1) is 19.8. The summed E-state index contributed by atoms with van der Waals surface area (Å²) < 4.78 is 12.0. The lowest BCUT2D eigenvalue weighted by molar-refractivity contribution is -0.150. The van der Waals surface area contributed by atoms with Gasteiger partial charge in [0.15, 0.2) is 0 Å². The number of methoxy groups -OCH3 is 1. The summed E-state index contributed by atoms with van der Waals surface area (Å²) in [6, 6.07) is 10.2. The van der Waals surface area contributed by atoms with Crippen molar-refractivity contribution < 1.29 is 23.9 Å². The first-order chi connectivity index (χ1) is 13.5. The van der Waals surface area contributed by atoms with Crippen LogP contribution in [-0.4, -0.2) is 46.3 Å². The van der Waals surface area contributed by atoms with Gasteiger partial charge in [0.05, 0.1) is 18.6 Å². The Hall–Kier alpha value is -3.00. The molecule has 1 saturated heterocycles. The molecule has 146 valence electrons. The quantitative estimate of drug-likeness (QED) is 0.546. The number of hydrogen-bond acceptors (Lipinski definition) is 6. The van der Waals surface area contributed by atoms with Gasteiger partial charge in [-0.1, -0.05) is 0 Å². The Bertz CT molecular complexity index is 932. The molecule has 1 aromatic heterocycles. The van der Waals surface area contributed by atoms with Gasteiger partial charge >= 0.3 is 5.97 Å². The van der Waals surface area contributed by atoms with Crippen molar-refractivity contribution in [3.63, 3.8) is 0 Å². The van der Waals surface area contributed by atoms with Crippen LogP contribution in [0.4, 0.5) is 4.79 Å². The van der Waals surface area contributed by atoms with E-state index in [0.29, 0.717) is 0 Å². The molecular formula is C20H20N2O5S. The summed E-state index contributed by atoms with van der Waals surface area (Å²) in [5.74, 6) is -0.364. The Morgan fingerprint density at radius 2 is 1.93 bits per heavy atom. The average Bonchev–Trinajstić information content (AvgIpc) is 3.26. The van der Waals surface area contributed by atoms with Crippen LogP contribution in [0.2, 0.25) is 0 Å². The summed E-state index contributed by atoms with van der Waals surface area (Å²) in [6.45, 7) is 3.34. The SMILES string of the molecule is CCOC(=O)C(C)N1C(=O)S/C(=C/c2cccn2-c2ccc(OC)cc2)C1=O. The zero-order valence-corrected chi connectivity index (χ0v) is 16.6. The van der Waals surface area contributed by atoms with Crippen LogP contribution in [0.25, 0.3) is 11.8 Å². The highest BCUT2D eigenvalue weighted by atomic mass is 32.2. The summed E-state index contributed by atoms with van der Waals surface area (Å²) >= 11 is 0.811. The molecule has 7 nitrogen and oxygen atoms in total. The van der Waals surface area contributed by atoms with Gasteiger partial charge in [0.25, 0.3) is 11.1 Å². The van der Waals surface area contributed by atoms with Crippen molar-refractivity contribution in [2.24, 2.45) is 0 Å². The Morgan fingerprint density at radius 3 is 2.57 bits per heavy atom. The van der Waals surface area contributed by atoms with Crippen LogP contribution >= 0.6 is 11.8 Å².